The van der Waals surface area contributed by atoms with Gasteiger partial charge in [-0.25, -0.2) is 4.79 Å². The molecule has 0 aliphatic rings. The van der Waals surface area contributed by atoms with Gasteiger partial charge in [0.2, 0.25) is 11.8 Å². The quantitative estimate of drug-likeness (QED) is 0.561. The zero-order chi connectivity index (χ0) is 18.7. The summed E-state index contributed by atoms with van der Waals surface area (Å²) in [6.45, 7) is 2.67. The smallest absolute Gasteiger partial charge is 0.341 e. The van der Waals surface area contributed by atoms with Crippen LogP contribution in [-0.2, 0) is 17.8 Å². The molecule has 0 radical (unpaired) electrons. The van der Waals surface area contributed by atoms with Crippen LogP contribution in [0.4, 0.5) is 0 Å². The second-order valence-corrected chi connectivity index (χ2v) is 6.68. The van der Waals surface area contributed by atoms with Crippen molar-refractivity contribution in [2.24, 2.45) is 0 Å². The summed E-state index contributed by atoms with van der Waals surface area (Å²) in [6.07, 6.45) is 0. The largest absolute Gasteiger partial charge is 0.465 e. The van der Waals surface area contributed by atoms with E-state index in [1.165, 1.54) is 7.11 Å². The summed E-state index contributed by atoms with van der Waals surface area (Å²) in [6, 6.07) is 9.35. The molecule has 0 saturated carbocycles. The van der Waals surface area contributed by atoms with Gasteiger partial charge in [0, 0.05) is 4.47 Å². The van der Waals surface area contributed by atoms with Crippen LogP contribution >= 0.6 is 15.9 Å². The number of ether oxygens (including phenoxy) is 1. The Hall–Kier alpha value is -2.45. The maximum Gasteiger partial charge on any atom is 0.341 e. The van der Waals surface area contributed by atoms with E-state index < -0.39 is 5.97 Å². The Morgan fingerprint density at radius 2 is 2.00 bits per heavy atom. The van der Waals surface area contributed by atoms with E-state index in [1.807, 2.05) is 36.2 Å². The number of halogens is 1. The molecule has 136 valence electrons. The second kappa shape index (κ2) is 7.84. The topological polar surface area (TPSA) is 81.6 Å². The molecule has 7 nitrogen and oxygen atoms in total. The van der Waals surface area contributed by atoms with Gasteiger partial charge in [-0.3, -0.25) is 4.90 Å². The molecule has 0 fully saturated rings. The molecular formula is C18H18BrN3O4. The van der Waals surface area contributed by atoms with E-state index in [-0.39, 0.29) is 0 Å². The van der Waals surface area contributed by atoms with Gasteiger partial charge in [-0.15, -0.1) is 10.2 Å². The van der Waals surface area contributed by atoms with Crippen LogP contribution in [0.1, 0.15) is 27.8 Å². The highest BCUT2D eigenvalue weighted by molar-refractivity contribution is 9.10. The Morgan fingerprint density at radius 3 is 2.73 bits per heavy atom. The number of nitrogens with zero attached hydrogens (tertiary/aromatic N) is 3. The lowest BCUT2D eigenvalue weighted by Crippen LogP contribution is -2.17. The number of aryl methyl sites for hydroxylation is 1. The normalized spacial score (nSPS) is 11.1. The maximum absolute atomic E-state index is 11.7. The highest BCUT2D eigenvalue weighted by atomic mass is 79.9. The number of hydrogen-bond donors (Lipinski definition) is 0. The zero-order valence-corrected chi connectivity index (χ0v) is 16.2. The first-order valence-electron chi connectivity index (χ1n) is 7.91. The van der Waals surface area contributed by atoms with E-state index >= 15 is 0 Å². The molecule has 0 amide bonds. The van der Waals surface area contributed by atoms with Gasteiger partial charge in [0.25, 0.3) is 0 Å². The lowest BCUT2D eigenvalue weighted by Gasteiger charge is -2.11. The SMILES string of the molecule is COC(=O)c1cc(CN(C)Cc2nnc(-c3ccccc3Br)o2)oc1C. The predicted molar refractivity (Wildman–Crippen MR) is 97.4 cm³/mol. The Kier molecular flexibility index (Phi) is 5.53. The molecule has 2 aromatic heterocycles. The molecule has 0 saturated heterocycles. The van der Waals surface area contributed by atoms with Gasteiger partial charge < -0.3 is 13.6 Å². The lowest BCUT2D eigenvalue weighted by atomic mass is 10.2. The van der Waals surface area contributed by atoms with Gasteiger partial charge in [-0.05, 0) is 48.1 Å². The highest BCUT2D eigenvalue weighted by Crippen LogP contribution is 2.27. The Bertz CT molecular complexity index is 919. The molecule has 3 aromatic rings. The first-order chi connectivity index (χ1) is 12.5. The zero-order valence-electron chi connectivity index (χ0n) is 14.7. The van der Waals surface area contributed by atoms with Crippen LogP contribution < -0.4 is 0 Å². The number of rotatable bonds is 6. The molecule has 0 atom stereocenters. The van der Waals surface area contributed by atoms with Gasteiger partial charge in [0.15, 0.2) is 0 Å². The maximum atomic E-state index is 11.7. The predicted octanol–water partition coefficient (Wildman–Crippen LogP) is 3.82. The molecule has 8 heteroatoms. The minimum atomic E-state index is -0.407. The van der Waals surface area contributed by atoms with Gasteiger partial charge >= 0.3 is 5.97 Å². The number of methoxy groups -OCH3 is 1. The van der Waals surface area contributed by atoms with Crippen LogP contribution in [-0.4, -0.2) is 35.2 Å². The second-order valence-electron chi connectivity index (χ2n) is 5.83. The molecule has 0 unspecified atom stereocenters. The van der Waals surface area contributed by atoms with Crippen molar-refractivity contribution < 1.29 is 18.4 Å². The van der Waals surface area contributed by atoms with Crippen LogP contribution in [0.3, 0.4) is 0 Å². The number of benzene rings is 1. The third-order valence-electron chi connectivity index (χ3n) is 3.78. The van der Waals surface area contributed by atoms with E-state index in [4.69, 9.17) is 13.6 Å². The Labute approximate surface area is 159 Å². The third-order valence-corrected chi connectivity index (χ3v) is 4.47. The van der Waals surface area contributed by atoms with Crippen LogP contribution in [0.15, 0.2) is 43.6 Å². The average Bonchev–Trinajstić information content (AvgIpc) is 3.21. The fraction of sp³-hybridized carbons (Fsp3) is 0.278. The summed E-state index contributed by atoms with van der Waals surface area (Å²) in [5.74, 6) is 1.75. The molecule has 0 aliphatic heterocycles. The van der Waals surface area contributed by atoms with Crippen LogP contribution in [0.2, 0.25) is 0 Å². The Morgan fingerprint density at radius 1 is 1.23 bits per heavy atom. The van der Waals surface area contributed by atoms with Crippen LogP contribution in [0, 0.1) is 6.92 Å². The number of aromatic nitrogens is 2. The van der Waals surface area contributed by atoms with Crippen molar-refractivity contribution >= 4 is 21.9 Å². The third kappa shape index (κ3) is 4.03. The Balaban J connectivity index is 1.67. The summed E-state index contributed by atoms with van der Waals surface area (Å²) < 4.78 is 17.0. The average molecular weight is 420 g/mol. The minimum Gasteiger partial charge on any atom is -0.465 e. The van der Waals surface area contributed by atoms with Gasteiger partial charge in [0.05, 0.1) is 25.8 Å². The summed E-state index contributed by atoms with van der Waals surface area (Å²) in [5, 5.41) is 8.20. The fourth-order valence-corrected chi connectivity index (χ4v) is 3.00. The highest BCUT2D eigenvalue weighted by Gasteiger charge is 2.17. The minimum absolute atomic E-state index is 0.407. The van der Waals surface area contributed by atoms with Crippen molar-refractivity contribution in [3.8, 4) is 11.5 Å². The van der Waals surface area contributed by atoms with Crippen molar-refractivity contribution in [1.29, 1.82) is 0 Å². The molecule has 0 aliphatic carbocycles. The molecule has 26 heavy (non-hydrogen) atoms. The van der Waals surface area contributed by atoms with E-state index in [2.05, 4.69) is 26.1 Å². The number of carbonyl (C=O) groups excluding carboxylic acids is 1. The summed E-state index contributed by atoms with van der Waals surface area (Å²) in [7, 11) is 3.25. The van der Waals surface area contributed by atoms with E-state index in [1.54, 1.807) is 13.0 Å². The summed E-state index contributed by atoms with van der Waals surface area (Å²) >= 11 is 3.48. The van der Waals surface area contributed by atoms with Crippen LogP contribution in [0.25, 0.3) is 11.5 Å². The van der Waals surface area contributed by atoms with E-state index in [0.29, 0.717) is 42.0 Å². The van der Waals surface area contributed by atoms with E-state index in [0.717, 1.165) is 10.0 Å². The fourth-order valence-electron chi connectivity index (χ4n) is 2.55. The molecule has 2 heterocycles. The first-order valence-corrected chi connectivity index (χ1v) is 8.70. The molecule has 0 spiro atoms. The summed E-state index contributed by atoms with van der Waals surface area (Å²) in [4.78, 5) is 13.6. The molecule has 1 aromatic carbocycles. The first kappa shape index (κ1) is 18.3. The molecule has 0 N–H and O–H groups in total. The number of furan rings is 1. The van der Waals surface area contributed by atoms with Crippen molar-refractivity contribution in [1.82, 2.24) is 15.1 Å². The standard InChI is InChI=1S/C18H18BrN3O4/c1-11-14(18(23)24-3)8-12(25-11)9-22(2)10-16-20-21-17(26-16)13-6-4-5-7-15(13)19/h4-8H,9-10H2,1-3H3. The number of esters is 1. The number of hydrogen-bond acceptors (Lipinski definition) is 7. The van der Waals surface area contributed by atoms with Gasteiger partial charge in [-0.1, -0.05) is 12.1 Å². The van der Waals surface area contributed by atoms with Crippen molar-refractivity contribution in [2.45, 2.75) is 20.0 Å². The molecule has 3 rings (SSSR count). The molecule has 0 bridgehead atoms. The lowest BCUT2D eigenvalue weighted by molar-refractivity contribution is 0.0599. The monoisotopic (exact) mass is 419 g/mol. The van der Waals surface area contributed by atoms with E-state index in [9.17, 15) is 4.79 Å². The van der Waals surface area contributed by atoms with Gasteiger partial charge in [-0.2, -0.15) is 0 Å². The van der Waals surface area contributed by atoms with Crippen molar-refractivity contribution in [3.63, 3.8) is 0 Å². The number of carbonyl (C=O) groups is 1. The van der Waals surface area contributed by atoms with Crippen LogP contribution in [0.5, 0.6) is 0 Å². The molecular weight excluding hydrogens is 402 g/mol. The van der Waals surface area contributed by atoms with Crippen molar-refractivity contribution in [2.75, 3.05) is 14.2 Å². The van der Waals surface area contributed by atoms with Crippen molar-refractivity contribution in [3.05, 3.63) is 57.8 Å². The summed E-state index contributed by atoms with van der Waals surface area (Å²) in [5.41, 5.74) is 1.28. The van der Waals surface area contributed by atoms with Gasteiger partial charge in [0.1, 0.15) is 17.1 Å².